The molecule has 0 aliphatic rings. The maximum Gasteiger partial charge on any atom is 0.239 e. The number of sulfonamides is 1. The molecule has 0 aliphatic heterocycles. The maximum absolute atomic E-state index is 11.9. The monoisotopic (exact) mass is 317 g/mol. The molecular weight excluding hydrogens is 294 g/mol. The Labute approximate surface area is 125 Å². The highest BCUT2D eigenvalue weighted by molar-refractivity contribution is 7.88. The molecule has 8 nitrogen and oxygen atoms in total. The molecule has 1 rings (SSSR count). The number of anilines is 1. The number of hydrogen-bond acceptors (Lipinski definition) is 5. The minimum Gasteiger partial charge on any atom is -0.310 e. The Morgan fingerprint density at radius 2 is 2.19 bits per heavy atom. The maximum atomic E-state index is 11.9. The lowest BCUT2D eigenvalue weighted by atomic mass is 10.4. The molecule has 1 aromatic heterocycles. The number of rotatable bonds is 9. The van der Waals surface area contributed by atoms with Gasteiger partial charge in [0.05, 0.1) is 19.0 Å². The van der Waals surface area contributed by atoms with Crippen molar-refractivity contribution in [2.45, 2.75) is 19.9 Å². The zero-order chi connectivity index (χ0) is 15.9. The number of nitrogens with zero attached hydrogens (tertiary/aromatic N) is 3. The van der Waals surface area contributed by atoms with E-state index >= 15 is 0 Å². The van der Waals surface area contributed by atoms with Gasteiger partial charge in [0.15, 0.2) is 0 Å². The number of amides is 1. The highest BCUT2D eigenvalue weighted by atomic mass is 32.2. The zero-order valence-electron chi connectivity index (χ0n) is 12.7. The van der Waals surface area contributed by atoms with Gasteiger partial charge in [0, 0.05) is 25.7 Å². The van der Waals surface area contributed by atoms with Crippen molar-refractivity contribution in [1.82, 2.24) is 19.4 Å². The van der Waals surface area contributed by atoms with Gasteiger partial charge in [-0.15, -0.1) is 0 Å². The minimum absolute atomic E-state index is 0.158. The van der Waals surface area contributed by atoms with Crippen LogP contribution in [0.15, 0.2) is 12.3 Å². The van der Waals surface area contributed by atoms with Crippen molar-refractivity contribution in [2.75, 3.05) is 38.3 Å². The molecule has 0 aromatic carbocycles. The summed E-state index contributed by atoms with van der Waals surface area (Å²) in [5.41, 5.74) is 0. The van der Waals surface area contributed by atoms with Crippen LogP contribution in [0, 0.1) is 0 Å². The summed E-state index contributed by atoms with van der Waals surface area (Å²) in [6.45, 7) is 3.69. The molecule has 1 aromatic rings. The quantitative estimate of drug-likeness (QED) is 0.652. The lowest BCUT2D eigenvalue weighted by molar-refractivity contribution is -0.117. The van der Waals surface area contributed by atoms with Gasteiger partial charge < -0.3 is 5.32 Å². The lowest BCUT2D eigenvalue weighted by Gasteiger charge is -2.16. The van der Waals surface area contributed by atoms with E-state index < -0.39 is 10.0 Å². The Bertz CT molecular complexity index is 555. The molecule has 1 heterocycles. The second kappa shape index (κ2) is 8.11. The first-order valence-corrected chi connectivity index (χ1v) is 8.66. The highest BCUT2D eigenvalue weighted by Crippen LogP contribution is 2.06. The number of carbonyl (C=O) groups excluding carboxylic acids is 1. The van der Waals surface area contributed by atoms with Gasteiger partial charge in [-0.1, -0.05) is 6.92 Å². The third kappa shape index (κ3) is 7.21. The van der Waals surface area contributed by atoms with E-state index in [1.54, 1.807) is 28.9 Å². The summed E-state index contributed by atoms with van der Waals surface area (Å²) < 4.78 is 26.0. The number of carbonyl (C=O) groups is 1. The van der Waals surface area contributed by atoms with Crippen LogP contribution < -0.4 is 10.0 Å². The van der Waals surface area contributed by atoms with Crippen LogP contribution in [0.4, 0.5) is 5.82 Å². The zero-order valence-corrected chi connectivity index (χ0v) is 13.5. The molecule has 0 radical (unpaired) electrons. The molecule has 0 saturated carbocycles. The van der Waals surface area contributed by atoms with Gasteiger partial charge in [-0.3, -0.25) is 9.69 Å². The smallest absolute Gasteiger partial charge is 0.239 e. The summed E-state index contributed by atoms with van der Waals surface area (Å²) in [7, 11) is -1.43. The van der Waals surface area contributed by atoms with Gasteiger partial charge in [0.2, 0.25) is 15.9 Å². The van der Waals surface area contributed by atoms with Crippen LogP contribution in [-0.2, 0) is 21.4 Å². The van der Waals surface area contributed by atoms with Crippen LogP contribution in [0.5, 0.6) is 0 Å². The van der Waals surface area contributed by atoms with Gasteiger partial charge in [-0.05, 0) is 13.5 Å². The first kappa shape index (κ1) is 17.6. The van der Waals surface area contributed by atoms with Gasteiger partial charge >= 0.3 is 0 Å². The van der Waals surface area contributed by atoms with Crippen LogP contribution in [-0.4, -0.2) is 61.9 Å². The van der Waals surface area contributed by atoms with Crippen LogP contribution in [0.2, 0.25) is 0 Å². The molecule has 21 heavy (non-hydrogen) atoms. The van der Waals surface area contributed by atoms with Crippen molar-refractivity contribution in [3.05, 3.63) is 12.3 Å². The van der Waals surface area contributed by atoms with Gasteiger partial charge in [-0.2, -0.15) is 5.10 Å². The number of nitrogens with one attached hydrogen (secondary N) is 2. The summed E-state index contributed by atoms with van der Waals surface area (Å²) in [4.78, 5) is 13.6. The van der Waals surface area contributed by atoms with Gasteiger partial charge in [0.25, 0.3) is 0 Å². The summed E-state index contributed by atoms with van der Waals surface area (Å²) in [6, 6.07) is 1.75. The van der Waals surface area contributed by atoms with Crippen LogP contribution in [0.1, 0.15) is 13.3 Å². The predicted octanol–water partition coefficient (Wildman–Crippen LogP) is -0.287. The van der Waals surface area contributed by atoms with Crippen molar-refractivity contribution in [3.63, 3.8) is 0 Å². The highest BCUT2D eigenvalue weighted by Gasteiger charge is 2.10. The number of aryl methyl sites for hydroxylation is 1. The van der Waals surface area contributed by atoms with Crippen molar-refractivity contribution < 1.29 is 13.2 Å². The Morgan fingerprint density at radius 1 is 1.48 bits per heavy atom. The molecule has 0 fully saturated rings. The van der Waals surface area contributed by atoms with Gasteiger partial charge in [0.1, 0.15) is 5.82 Å². The minimum atomic E-state index is -3.19. The summed E-state index contributed by atoms with van der Waals surface area (Å²) in [5.74, 6) is 0.513. The van der Waals surface area contributed by atoms with Crippen molar-refractivity contribution >= 4 is 21.7 Å². The molecule has 0 bridgehead atoms. The number of aromatic nitrogens is 2. The van der Waals surface area contributed by atoms with Crippen molar-refractivity contribution in [2.24, 2.45) is 0 Å². The van der Waals surface area contributed by atoms with E-state index in [0.717, 1.165) is 19.2 Å². The van der Waals surface area contributed by atoms with E-state index in [4.69, 9.17) is 0 Å². The van der Waals surface area contributed by atoms with E-state index in [2.05, 4.69) is 15.1 Å². The second-order valence-corrected chi connectivity index (χ2v) is 6.73. The Hall–Kier alpha value is -1.45. The summed E-state index contributed by atoms with van der Waals surface area (Å²) >= 11 is 0. The first-order valence-electron chi connectivity index (χ1n) is 6.76. The van der Waals surface area contributed by atoms with E-state index in [-0.39, 0.29) is 19.0 Å². The lowest BCUT2D eigenvalue weighted by Crippen LogP contribution is -2.36. The average Bonchev–Trinajstić information content (AvgIpc) is 2.75. The van der Waals surface area contributed by atoms with E-state index in [9.17, 15) is 13.2 Å². The fraction of sp³-hybridized carbons (Fsp3) is 0.667. The van der Waals surface area contributed by atoms with Crippen molar-refractivity contribution in [1.29, 1.82) is 0 Å². The third-order valence-electron chi connectivity index (χ3n) is 2.69. The normalized spacial score (nSPS) is 11.8. The van der Waals surface area contributed by atoms with Gasteiger partial charge in [-0.25, -0.2) is 17.8 Å². The predicted molar refractivity (Wildman–Crippen MR) is 81.5 cm³/mol. The van der Waals surface area contributed by atoms with Crippen LogP contribution >= 0.6 is 0 Å². The molecule has 1 amide bonds. The topological polar surface area (TPSA) is 96.3 Å². The fourth-order valence-corrected chi connectivity index (χ4v) is 2.22. The standard InChI is InChI=1S/C12H23N5O3S/c1-4-8-17-11(5-6-13-17)15-12(18)10-16(2)9-7-14-21(3,19)20/h5-6,14H,4,7-10H2,1-3H3,(H,15,18). The average molecular weight is 317 g/mol. The fourth-order valence-electron chi connectivity index (χ4n) is 1.76. The molecule has 120 valence electrons. The second-order valence-electron chi connectivity index (χ2n) is 4.89. The number of likely N-dealkylation sites (N-methyl/N-ethyl adjacent to an activating group) is 1. The Balaban J connectivity index is 2.37. The largest absolute Gasteiger partial charge is 0.310 e. The molecule has 0 aliphatic carbocycles. The molecule has 0 spiro atoms. The molecule has 0 atom stereocenters. The van der Waals surface area contributed by atoms with E-state index in [0.29, 0.717) is 12.4 Å². The van der Waals surface area contributed by atoms with Crippen LogP contribution in [0.25, 0.3) is 0 Å². The molecule has 2 N–H and O–H groups in total. The van der Waals surface area contributed by atoms with Crippen LogP contribution in [0.3, 0.4) is 0 Å². The number of hydrogen-bond donors (Lipinski definition) is 2. The Morgan fingerprint density at radius 3 is 2.81 bits per heavy atom. The molecule has 9 heteroatoms. The summed E-state index contributed by atoms with van der Waals surface area (Å²) in [6.07, 6.45) is 3.68. The van der Waals surface area contributed by atoms with E-state index in [1.165, 1.54) is 0 Å². The summed E-state index contributed by atoms with van der Waals surface area (Å²) in [5, 5.41) is 6.92. The molecule has 0 saturated heterocycles. The first-order chi connectivity index (χ1) is 9.81. The SMILES string of the molecule is CCCn1nccc1NC(=O)CN(C)CCNS(C)(=O)=O. The Kier molecular flexibility index (Phi) is 6.79. The van der Waals surface area contributed by atoms with Crippen molar-refractivity contribution in [3.8, 4) is 0 Å². The third-order valence-corrected chi connectivity index (χ3v) is 3.42. The van der Waals surface area contributed by atoms with E-state index in [1.807, 2.05) is 6.92 Å². The molecule has 0 unspecified atom stereocenters. The molecular formula is C12H23N5O3S.